The number of carbonyl (C=O) groups excluding carboxylic acids is 1. The molecule has 2 saturated carbocycles. The Morgan fingerprint density at radius 2 is 0.964 bits per heavy atom. The summed E-state index contributed by atoms with van der Waals surface area (Å²) in [5, 5.41) is 0. The van der Waals surface area contributed by atoms with Gasteiger partial charge in [0.25, 0.3) is 0 Å². The van der Waals surface area contributed by atoms with Gasteiger partial charge < -0.3 is 9.47 Å². The van der Waals surface area contributed by atoms with E-state index in [-0.39, 0.29) is 0 Å². The number of benzene rings is 2. The first kappa shape index (κ1) is 19.0. The van der Waals surface area contributed by atoms with Gasteiger partial charge in [-0.3, -0.25) is 0 Å². The van der Waals surface area contributed by atoms with Gasteiger partial charge in [-0.2, -0.15) is 0 Å². The zero-order valence-corrected chi connectivity index (χ0v) is 17.0. The van der Waals surface area contributed by atoms with Gasteiger partial charge in [-0.1, -0.05) is 59.7 Å². The molecule has 0 N–H and O–H groups in total. The molecule has 28 heavy (non-hydrogen) atoms. The third-order valence-corrected chi connectivity index (χ3v) is 6.54. The van der Waals surface area contributed by atoms with Crippen molar-refractivity contribution in [1.82, 2.24) is 0 Å². The van der Waals surface area contributed by atoms with Crippen molar-refractivity contribution in [1.29, 1.82) is 0 Å². The lowest BCUT2D eigenvalue weighted by Crippen LogP contribution is -2.35. The summed E-state index contributed by atoms with van der Waals surface area (Å²) in [6, 6.07) is 16.8. The van der Waals surface area contributed by atoms with Gasteiger partial charge in [-0.05, 0) is 76.3 Å². The second-order valence-corrected chi connectivity index (χ2v) is 8.59. The van der Waals surface area contributed by atoms with E-state index in [0.29, 0.717) is 0 Å². The monoisotopic (exact) mass is 378 g/mol. The second kappa shape index (κ2) is 7.62. The largest absolute Gasteiger partial charge is 0.510 e. The minimum Gasteiger partial charge on any atom is -0.423 e. The summed E-state index contributed by atoms with van der Waals surface area (Å²) in [7, 11) is 0. The molecule has 148 valence electrons. The third kappa shape index (κ3) is 3.67. The van der Waals surface area contributed by atoms with Crippen LogP contribution < -0.4 is 0 Å². The Hall–Kier alpha value is -2.29. The first-order valence-electron chi connectivity index (χ1n) is 10.6. The van der Waals surface area contributed by atoms with E-state index < -0.39 is 17.4 Å². The molecule has 0 bridgehead atoms. The highest BCUT2D eigenvalue weighted by Crippen LogP contribution is 2.46. The number of carbonyl (C=O) groups is 1. The lowest BCUT2D eigenvalue weighted by molar-refractivity contribution is -0.0836. The quantitative estimate of drug-likeness (QED) is 0.556. The number of rotatable bonds is 4. The summed E-state index contributed by atoms with van der Waals surface area (Å²) < 4.78 is 12.2. The van der Waals surface area contributed by atoms with E-state index in [0.717, 1.165) is 62.5 Å². The van der Waals surface area contributed by atoms with E-state index in [9.17, 15) is 4.79 Å². The first-order valence-corrected chi connectivity index (χ1v) is 10.6. The van der Waals surface area contributed by atoms with Crippen molar-refractivity contribution < 1.29 is 14.3 Å². The average molecular weight is 379 g/mol. The van der Waals surface area contributed by atoms with Gasteiger partial charge in [0.05, 0.1) is 0 Å². The minimum atomic E-state index is -0.544. The van der Waals surface area contributed by atoms with E-state index in [1.807, 2.05) is 0 Å². The maximum Gasteiger partial charge on any atom is 0.510 e. The van der Waals surface area contributed by atoms with Gasteiger partial charge in [0.15, 0.2) is 0 Å². The molecule has 2 aliphatic rings. The molecular weight excluding hydrogens is 348 g/mol. The molecule has 0 radical (unpaired) electrons. The molecule has 4 rings (SSSR count). The lowest BCUT2D eigenvalue weighted by atomic mass is 9.91. The normalized spacial score (nSPS) is 20.1. The Labute approximate surface area is 168 Å². The van der Waals surface area contributed by atoms with Crippen molar-refractivity contribution in [2.24, 2.45) is 0 Å². The molecular formula is C25H30O3. The maximum atomic E-state index is 13.0. The Morgan fingerprint density at radius 3 is 1.29 bits per heavy atom. The van der Waals surface area contributed by atoms with Crippen molar-refractivity contribution in [3.8, 4) is 0 Å². The van der Waals surface area contributed by atoms with Crippen molar-refractivity contribution in [3.63, 3.8) is 0 Å². The van der Waals surface area contributed by atoms with E-state index >= 15 is 0 Å². The highest BCUT2D eigenvalue weighted by Gasteiger charge is 2.44. The summed E-state index contributed by atoms with van der Waals surface area (Å²) in [5.74, 6) is 0. The third-order valence-electron chi connectivity index (χ3n) is 6.54. The number of hydrogen-bond acceptors (Lipinski definition) is 3. The number of ether oxygens (including phenoxy) is 2. The van der Waals surface area contributed by atoms with Crippen LogP contribution in [0.5, 0.6) is 0 Å². The van der Waals surface area contributed by atoms with Crippen molar-refractivity contribution in [3.05, 3.63) is 70.8 Å². The molecule has 0 unspecified atom stereocenters. The van der Waals surface area contributed by atoms with E-state index in [1.54, 1.807) is 0 Å². The molecule has 0 amide bonds. The van der Waals surface area contributed by atoms with Crippen LogP contribution in [0.1, 0.15) is 73.6 Å². The lowest BCUT2D eigenvalue weighted by Gasteiger charge is -2.34. The van der Waals surface area contributed by atoms with E-state index in [1.165, 1.54) is 11.1 Å². The topological polar surface area (TPSA) is 35.5 Å². The molecule has 2 aromatic carbocycles. The summed E-state index contributed by atoms with van der Waals surface area (Å²) in [6.07, 6.45) is 7.23. The van der Waals surface area contributed by atoms with Gasteiger partial charge in [0, 0.05) is 0 Å². The van der Waals surface area contributed by atoms with Crippen LogP contribution in [0.25, 0.3) is 0 Å². The van der Waals surface area contributed by atoms with Gasteiger partial charge in [0.1, 0.15) is 11.2 Å². The SMILES string of the molecule is Cc1ccc(C2(OC(=O)OC3(c4ccc(C)cc4)CCCC3)CCCC2)cc1. The highest BCUT2D eigenvalue weighted by atomic mass is 16.7. The fraction of sp³-hybridized carbons (Fsp3) is 0.480. The smallest absolute Gasteiger partial charge is 0.423 e. The van der Waals surface area contributed by atoms with Crippen LogP contribution in [0.4, 0.5) is 4.79 Å². The predicted octanol–water partition coefficient (Wildman–Crippen LogP) is 6.70. The molecule has 2 aliphatic carbocycles. The average Bonchev–Trinajstić information content (AvgIpc) is 3.34. The molecule has 0 atom stereocenters. The molecule has 0 heterocycles. The van der Waals surface area contributed by atoms with Gasteiger partial charge in [-0.25, -0.2) is 4.79 Å². The summed E-state index contributed by atoms with van der Waals surface area (Å²) in [6.45, 7) is 4.15. The molecule has 2 aromatic rings. The summed E-state index contributed by atoms with van der Waals surface area (Å²) in [4.78, 5) is 13.0. The molecule has 0 aliphatic heterocycles. The minimum absolute atomic E-state index is 0.523. The molecule has 0 aromatic heterocycles. The van der Waals surface area contributed by atoms with Crippen molar-refractivity contribution >= 4 is 6.16 Å². The number of hydrogen-bond donors (Lipinski definition) is 0. The Kier molecular flexibility index (Phi) is 5.18. The van der Waals surface area contributed by atoms with E-state index in [4.69, 9.17) is 9.47 Å². The van der Waals surface area contributed by atoms with Crippen LogP contribution in [0.3, 0.4) is 0 Å². The molecule has 3 nitrogen and oxygen atoms in total. The Balaban J connectivity index is 1.56. The van der Waals surface area contributed by atoms with Gasteiger partial charge in [0.2, 0.25) is 0 Å². The van der Waals surface area contributed by atoms with Crippen LogP contribution in [-0.4, -0.2) is 6.16 Å². The summed E-state index contributed by atoms with van der Waals surface area (Å²) >= 11 is 0. The maximum absolute atomic E-state index is 13.0. The van der Waals surface area contributed by atoms with E-state index in [2.05, 4.69) is 62.4 Å². The van der Waals surface area contributed by atoms with Gasteiger partial charge >= 0.3 is 6.16 Å². The van der Waals surface area contributed by atoms with Crippen molar-refractivity contribution in [2.45, 2.75) is 76.4 Å². The van der Waals surface area contributed by atoms with Crippen LogP contribution in [0.2, 0.25) is 0 Å². The number of aryl methyl sites for hydroxylation is 2. The van der Waals surface area contributed by atoms with Gasteiger partial charge in [-0.15, -0.1) is 0 Å². The predicted molar refractivity (Wildman–Crippen MR) is 110 cm³/mol. The van der Waals surface area contributed by atoms with Crippen LogP contribution in [-0.2, 0) is 20.7 Å². The van der Waals surface area contributed by atoms with Crippen molar-refractivity contribution in [2.75, 3.05) is 0 Å². The first-order chi connectivity index (χ1) is 13.5. The molecule has 2 fully saturated rings. The standard InChI is InChI=1S/C25H30O3/c1-19-7-11-21(12-8-19)24(15-3-4-16-24)27-23(26)28-25(17-5-6-18-25)22-13-9-20(2)10-14-22/h7-14H,3-6,15-18H2,1-2H3. The summed E-state index contributed by atoms with van der Waals surface area (Å²) in [5.41, 5.74) is 3.51. The molecule has 0 saturated heterocycles. The Bertz CT molecular complexity index is 738. The second-order valence-electron chi connectivity index (χ2n) is 8.59. The fourth-order valence-corrected chi connectivity index (χ4v) is 4.85. The van der Waals surface area contributed by atoms with Crippen LogP contribution in [0, 0.1) is 13.8 Å². The Morgan fingerprint density at radius 1 is 0.643 bits per heavy atom. The van der Waals surface area contributed by atoms with Crippen LogP contribution in [0.15, 0.2) is 48.5 Å². The highest BCUT2D eigenvalue weighted by molar-refractivity contribution is 5.62. The zero-order valence-electron chi connectivity index (χ0n) is 17.0. The van der Waals surface area contributed by atoms with Crippen LogP contribution >= 0.6 is 0 Å². The molecule has 3 heteroatoms. The zero-order chi connectivity index (χ0) is 19.6. The fourth-order valence-electron chi connectivity index (χ4n) is 4.85. The molecule has 0 spiro atoms.